The molecule has 0 aromatic carbocycles. The molecule has 1 rings (SSSR count). The molecule has 0 spiro atoms. The summed E-state index contributed by atoms with van der Waals surface area (Å²) in [6.45, 7) is 7.89. The van der Waals surface area contributed by atoms with Gasteiger partial charge >= 0.3 is 0 Å². The van der Waals surface area contributed by atoms with Crippen LogP contribution in [-0.2, 0) is 9.59 Å². The number of aldehydes is 1. The molecule has 3 heteroatoms. The molecule has 1 aliphatic heterocycles. The smallest absolute Gasteiger partial charge is 0.222 e. The minimum Gasteiger partial charge on any atom is -0.342 e. The van der Waals surface area contributed by atoms with Crippen LogP contribution in [0.5, 0.6) is 0 Å². The minimum absolute atomic E-state index is 0.186. The van der Waals surface area contributed by atoms with Crippen LogP contribution in [0.4, 0.5) is 0 Å². The van der Waals surface area contributed by atoms with E-state index in [1.165, 1.54) is 0 Å². The Kier molecular flexibility index (Phi) is 3.29. The van der Waals surface area contributed by atoms with Gasteiger partial charge in [0.2, 0.25) is 5.91 Å². The third-order valence-electron chi connectivity index (χ3n) is 2.96. The number of hydrogen-bond acceptors (Lipinski definition) is 2. The molecule has 1 unspecified atom stereocenters. The minimum atomic E-state index is 0.186. The zero-order chi connectivity index (χ0) is 10.8. The first kappa shape index (κ1) is 11.2. The van der Waals surface area contributed by atoms with Crippen molar-refractivity contribution in [1.82, 2.24) is 4.90 Å². The van der Waals surface area contributed by atoms with Crippen LogP contribution >= 0.6 is 0 Å². The zero-order valence-corrected chi connectivity index (χ0v) is 9.25. The van der Waals surface area contributed by atoms with Gasteiger partial charge in [-0.25, -0.2) is 0 Å². The van der Waals surface area contributed by atoms with Gasteiger partial charge < -0.3 is 9.69 Å². The van der Waals surface area contributed by atoms with Crippen molar-refractivity contribution >= 4 is 12.2 Å². The molecule has 0 saturated carbocycles. The Morgan fingerprint density at radius 3 is 2.57 bits per heavy atom. The predicted octanol–water partition coefficient (Wildman–Crippen LogP) is 1.47. The van der Waals surface area contributed by atoms with E-state index in [-0.39, 0.29) is 11.3 Å². The first-order chi connectivity index (χ1) is 6.45. The second kappa shape index (κ2) is 4.11. The third kappa shape index (κ3) is 2.56. The molecule has 0 aromatic heterocycles. The SMILES string of the molecule is CC(C)(C)C1CC(=O)N(CCC=O)C1. The lowest BCUT2D eigenvalue weighted by Gasteiger charge is -2.26. The predicted molar refractivity (Wildman–Crippen MR) is 54.8 cm³/mol. The number of likely N-dealkylation sites (tertiary alicyclic amines) is 1. The van der Waals surface area contributed by atoms with Gasteiger partial charge in [-0.2, -0.15) is 0 Å². The average Bonchev–Trinajstić information content (AvgIpc) is 2.43. The molecular formula is C11H19NO2. The Morgan fingerprint density at radius 1 is 1.50 bits per heavy atom. The van der Waals surface area contributed by atoms with E-state index in [0.29, 0.717) is 25.3 Å². The highest BCUT2D eigenvalue weighted by molar-refractivity contribution is 5.79. The number of hydrogen-bond donors (Lipinski definition) is 0. The van der Waals surface area contributed by atoms with Gasteiger partial charge in [0.25, 0.3) is 0 Å². The van der Waals surface area contributed by atoms with E-state index in [0.717, 1.165) is 12.8 Å². The Morgan fingerprint density at radius 2 is 2.14 bits per heavy atom. The molecule has 1 heterocycles. The van der Waals surface area contributed by atoms with Crippen molar-refractivity contribution in [3.05, 3.63) is 0 Å². The van der Waals surface area contributed by atoms with Crippen molar-refractivity contribution in [2.24, 2.45) is 11.3 Å². The third-order valence-corrected chi connectivity index (χ3v) is 2.96. The van der Waals surface area contributed by atoms with Gasteiger partial charge in [-0.1, -0.05) is 20.8 Å². The fourth-order valence-corrected chi connectivity index (χ4v) is 1.78. The summed E-state index contributed by atoms with van der Waals surface area (Å²) in [5.41, 5.74) is 0.186. The standard InChI is InChI=1S/C11H19NO2/c1-11(2,3)9-7-10(14)12(8-9)5-4-6-13/h6,9H,4-5,7-8H2,1-3H3. The molecule has 1 fully saturated rings. The summed E-state index contributed by atoms with van der Waals surface area (Å²) in [6.07, 6.45) is 1.97. The summed E-state index contributed by atoms with van der Waals surface area (Å²) >= 11 is 0. The van der Waals surface area contributed by atoms with Crippen molar-refractivity contribution in [3.8, 4) is 0 Å². The molecule has 0 bridgehead atoms. The Hall–Kier alpha value is -0.860. The molecule has 14 heavy (non-hydrogen) atoms. The van der Waals surface area contributed by atoms with Crippen LogP contribution in [-0.4, -0.2) is 30.2 Å². The van der Waals surface area contributed by atoms with E-state index < -0.39 is 0 Å². The molecule has 0 aromatic rings. The summed E-state index contributed by atoms with van der Waals surface area (Å²) in [4.78, 5) is 23.6. The van der Waals surface area contributed by atoms with Crippen LogP contribution in [0.2, 0.25) is 0 Å². The lowest BCUT2D eigenvalue weighted by atomic mass is 9.80. The summed E-state index contributed by atoms with van der Waals surface area (Å²) in [5, 5.41) is 0. The summed E-state index contributed by atoms with van der Waals surface area (Å²) in [5.74, 6) is 0.633. The van der Waals surface area contributed by atoms with Crippen molar-refractivity contribution < 1.29 is 9.59 Å². The van der Waals surface area contributed by atoms with Crippen molar-refractivity contribution in [3.63, 3.8) is 0 Å². The van der Waals surface area contributed by atoms with Crippen LogP contribution < -0.4 is 0 Å². The van der Waals surface area contributed by atoms with Gasteiger partial charge in [0.15, 0.2) is 0 Å². The normalized spacial score (nSPS) is 22.9. The van der Waals surface area contributed by atoms with Gasteiger partial charge in [0, 0.05) is 25.9 Å². The van der Waals surface area contributed by atoms with Crippen LogP contribution in [0, 0.1) is 11.3 Å². The molecule has 1 saturated heterocycles. The first-order valence-corrected chi connectivity index (χ1v) is 5.16. The van der Waals surface area contributed by atoms with Crippen LogP contribution in [0.15, 0.2) is 0 Å². The van der Waals surface area contributed by atoms with E-state index in [2.05, 4.69) is 20.8 Å². The number of nitrogens with zero attached hydrogens (tertiary/aromatic N) is 1. The lowest BCUT2D eigenvalue weighted by molar-refractivity contribution is -0.127. The number of amides is 1. The fourth-order valence-electron chi connectivity index (χ4n) is 1.78. The molecule has 0 N–H and O–H groups in total. The van der Waals surface area contributed by atoms with Gasteiger partial charge in [0.1, 0.15) is 6.29 Å². The number of carbonyl (C=O) groups excluding carboxylic acids is 2. The second-order valence-corrected chi connectivity index (χ2v) is 5.06. The monoisotopic (exact) mass is 197 g/mol. The number of rotatable bonds is 3. The largest absolute Gasteiger partial charge is 0.342 e. The Bertz CT molecular complexity index is 230. The molecule has 3 nitrogen and oxygen atoms in total. The average molecular weight is 197 g/mol. The first-order valence-electron chi connectivity index (χ1n) is 5.16. The Balaban J connectivity index is 2.51. The highest BCUT2D eigenvalue weighted by Gasteiger charge is 2.36. The molecule has 1 aliphatic rings. The van der Waals surface area contributed by atoms with Gasteiger partial charge in [0.05, 0.1) is 0 Å². The van der Waals surface area contributed by atoms with Crippen molar-refractivity contribution in [2.45, 2.75) is 33.6 Å². The zero-order valence-electron chi connectivity index (χ0n) is 9.25. The van der Waals surface area contributed by atoms with E-state index in [9.17, 15) is 9.59 Å². The van der Waals surface area contributed by atoms with Crippen molar-refractivity contribution in [1.29, 1.82) is 0 Å². The molecule has 1 atom stereocenters. The summed E-state index contributed by atoms with van der Waals surface area (Å²) in [7, 11) is 0. The highest BCUT2D eigenvalue weighted by Crippen LogP contribution is 2.34. The summed E-state index contributed by atoms with van der Waals surface area (Å²) in [6, 6.07) is 0. The van der Waals surface area contributed by atoms with E-state index in [1.807, 2.05) is 4.90 Å². The van der Waals surface area contributed by atoms with Gasteiger partial charge in [-0.15, -0.1) is 0 Å². The highest BCUT2D eigenvalue weighted by atomic mass is 16.2. The van der Waals surface area contributed by atoms with Gasteiger partial charge in [-0.05, 0) is 11.3 Å². The van der Waals surface area contributed by atoms with Crippen molar-refractivity contribution in [2.75, 3.05) is 13.1 Å². The molecule has 0 radical (unpaired) electrons. The van der Waals surface area contributed by atoms with E-state index in [1.54, 1.807) is 0 Å². The maximum atomic E-state index is 11.5. The quantitative estimate of drug-likeness (QED) is 0.642. The summed E-state index contributed by atoms with van der Waals surface area (Å²) < 4.78 is 0. The number of carbonyl (C=O) groups is 2. The lowest BCUT2D eigenvalue weighted by Crippen LogP contribution is -2.28. The molecular weight excluding hydrogens is 178 g/mol. The molecule has 0 aliphatic carbocycles. The maximum Gasteiger partial charge on any atom is 0.222 e. The van der Waals surface area contributed by atoms with Crippen LogP contribution in [0.25, 0.3) is 0 Å². The topological polar surface area (TPSA) is 37.4 Å². The van der Waals surface area contributed by atoms with E-state index in [4.69, 9.17) is 0 Å². The van der Waals surface area contributed by atoms with Gasteiger partial charge in [-0.3, -0.25) is 4.79 Å². The maximum absolute atomic E-state index is 11.5. The van der Waals surface area contributed by atoms with Crippen LogP contribution in [0.3, 0.4) is 0 Å². The second-order valence-electron chi connectivity index (χ2n) is 5.06. The van der Waals surface area contributed by atoms with E-state index >= 15 is 0 Å². The molecule has 1 amide bonds. The van der Waals surface area contributed by atoms with Crippen LogP contribution in [0.1, 0.15) is 33.6 Å². The Labute approximate surface area is 85.5 Å². The molecule has 80 valence electrons. The fraction of sp³-hybridized carbons (Fsp3) is 0.818.